The van der Waals surface area contributed by atoms with Crippen molar-refractivity contribution in [3.63, 3.8) is 0 Å². The van der Waals surface area contributed by atoms with Crippen LogP contribution in [0.5, 0.6) is 0 Å². The highest BCUT2D eigenvalue weighted by molar-refractivity contribution is 7.07. The zero-order valence-electron chi connectivity index (χ0n) is 13.3. The zero-order valence-corrected chi connectivity index (χ0v) is 14.1. The van der Waals surface area contributed by atoms with Crippen LogP contribution in [-0.4, -0.2) is 40.5 Å². The Kier molecular flexibility index (Phi) is 5.59. The molecule has 0 N–H and O–H groups in total. The largest absolute Gasteiger partial charge is 0.299 e. The molecular formula is C18H25N3S. The van der Waals surface area contributed by atoms with Gasteiger partial charge in [0, 0.05) is 38.1 Å². The molecular weight excluding hydrogens is 290 g/mol. The van der Waals surface area contributed by atoms with Gasteiger partial charge in [0.1, 0.15) is 0 Å². The van der Waals surface area contributed by atoms with Crippen molar-refractivity contribution in [1.82, 2.24) is 14.8 Å². The van der Waals surface area contributed by atoms with Crippen LogP contribution in [0, 0.1) is 0 Å². The lowest BCUT2D eigenvalue weighted by Crippen LogP contribution is -2.39. The molecule has 0 aliphatic carbocycles. The molecule has 118 valence electrons. The second-order valence-corrected chi connectivity index (χ2v) is 6.87. The average molecular weight is 315 g/mol. The summed E-state index contributed by atoms with van der Waals surface area (Å²) in [6.07, 6.45) is 6.52. The van der Waals surface area contributed by atoms with Crippen molar-refractivity contribution in [2.45, 2.75) is 38.9 Å². The monoisotopic (exact) mass is 315 g/mol. The quantitative estimate of drug-likeness (QED) is 0.778. The maximum Gasteiger partial charge on any atom is 0.0312 e. The average Bonchev–Trinajstić information content (AvgIpc) is 3.20. The Labute approximate surface area is 137 Å². The third kappa shape index (κ3) is 4.15. The van der Waals surface area contributed by atoms with Gasteiger partial charge in [-0.15, -0.1) is 0 Å². The number of likely N-dealkylation sites (tertiary alicyclic amines) is 1. The van der Waals surface area contributed by atoms with Crippen LogP contribution in [0.3, 0.4) is 0 Å². The molecule has 1 fully saturated rings. The van der Waals surface area contributed by atoms with E-state index in [1.165, 1.54) is 37.1 Å². The highest BCUT2D eigenvalue weighted by Gasteiger charge is 2.25. The van der Waals surface area contributed by atoms with Crippen molar-refractivity contribution in [2.75, 3.05) is 19.6 Å². The van der Waals surface area contributed by atoms with Gasteiger partial charge in [0.15, 0.2) is 0 Å². The van der Waals surface area contributed by atoms with Gasteiger partial charge >= 0.3 is 0 Å². The van der Waals surface area contributed by atoms with E-state index < -0.39 is 0 Å². The van der Waals surface area contributed by atoms with Crippen molar-refractivity contribution in [2.24, 2.45) is 0 Å². The lowest BCUT2D eigenvalue weighted by Gasteiger charge is -2.30. The molecule has 2 aromatic rings. The molecule has 2 aromatic heterocycles. The number of likely N-dealkylation sites (N-methyl/N-ethyl adjacent to an activating group) is 1. The van der Waals surface area contributed by atoms with Crippen LogP contribution in [0.1, 0.15) is 30.9 Å². The minimum Gasteiger partial charge on any atom is -0.299 e. The Bertz CT molecular complexity index is 541. The summed E-state index contributed by atoms with van der Waals surface area (Å²) < 4.78 is 0. The molecule has 0 radical (unpaired) electrons. The van der Waals surface area contributed by atoms with Gasteiger partial charge in [-0.25, -0.2) is 0 Å². The summed E-state index contributed by atoms with van der Waals surface area (Å²) in [5.74, 6) is 0. The molecule has 0 amide bonds. The molecule has 1 atom stereocenters. The fourth-order valence-electron chi connectivity index (χ4n) is 3.39. The smallest absolute Gasteiger partial charge is 0.0312 e. The number of hydrogen-bond donors (Lipinski definition) is 0. The number of hydrogen-bond acceptors (Lipinski definition) is 4. The Morgan fingerprint density at radius 3 is 2.95 bits per heavy atom. The van der Waals surface area contributed by atoms with E-state index in [0.29, 0.717) is 6.04 Å². The second kappa shape index (κ2) is 7.86. The maximum absolute atomic E-state index is 4.26. The van der Waals surface area contributed by atoms with E-state index in [1.54, 1.807) is 11.3 Å². The zero-order chi connectivity index (χ0) is 15.2. The van der Waals surface area contributed by atoms with Gasteiger partial charge in [0.25, 0.3) is 0 Å². The van der Waals surface area contributed by atoms with E-state index in [1.807, 2.05) is 18.5 Å². The highest BCUT2D eigenvalue weighted by atomic mass is 32.1. The first-order valence-corrected chi connectivity index (χ1v) is 9.16. The first-order valence-electron chi connectivity index (χ1n) is 8.21. The molecule has 0 bridgehead atoms. The Morgan fingerprint density at radius 1 is 1.32 bits per heavy atom. The molecule has 0 spiro atoms. The normalized spacial score (nSPS) is 19.1. The van der Waals surface area contributed by atoms with Gasteiger partial charge in [0.05, 0.1) is 0 Å². The molecule has 1 saturated heterocycles. The number of nitrogens with zero attached hydrogens (tertiary/aromatic N) is 3. The topological polar surface area (TPSA) is 19.4 Å². The van der Waals surface area contributed by atoms with E-state index in [4.69, 9.17) is 0 Å². The third-order valence-corrected chi connectivity index (χ3v) is 5.22. The molecule has 1 aliphatic heterocycles. The summed E-state index contributed by atoms with van der Waals surface area (Å²) in [7, 11) is 0. The van der Waals surface area contributed by atoms with Gasteiger partial charge in [-0.1, -0.05) is 13.0 Å². The predicted octanol–water partition coefficient (Wildman–Crippen LogP) is 3.63. The van der Waals surface area contributed by atoms with Gasteiger partial charge in [-0.05, 0) is 60.0 Å². The Balaban J connectivity index is 1.68. The maximum atomic E-state index is 4.26. The van der Waals surface area contributed by atoms with E-state index >= 15 is 0 Å². The fraction of sp³-hybridized carbons (Fsp3) is 0.500. The first-order chi connectivity index (χ1) is 10.8. The summed E-state index contributed by atoms with van der Waals surface area (Å²) in [4.78, 5) is 9.47. The van der Waals surface area contributed by atoms with Crippen molar-refractivity contribution in [1.29, 1.82) is 0 Å². The summed E-state index contributed by atoms with van der Waals surface area (Å²) in [5.41, 5.74) is 2.73. The van der Waals surface area contributed by atoms with Crippen LogP contribution in [0.25, 0.3) is 0 Å². The molecule has 3 rings (SSSR count). The Morgan fingerprint density at radius 2 is 2.23 bits per heavy atom. The summed E-state index contributed by atoms with van der Waals surface area (Å²) >= 11 is 1.79. The number of aromatic nitrogens is 1. The molecule has 3 heterocycles. The molecule has 4 heteroatoms. The molecule has 0 aromatic carbocycles. The van der Waals surface area contributed by atoms with Crippen LogP contribution >= 0.6 is 11.3 Å². The van der Waals surface area contributed by atoms with Gasteiger partial charge in [0.2, 0.25) is 0 Å². The van der Waals surface area contributed by atoms with E-state index in [0.717, 1.165) is 19.6 Å². The van der Waals surface area contributed by atoms with Gasteiger partial charge in [-0.3, -0.25) is 14.8 Å². The number of thiophene rings is 1. The van der Waals surface area contributed by atoms with Gasteiger partial charge < -0.3 is 0 Å². The van der Waals surface area contributed by atoms with Crippen LogP contribution in [0.15, 0.2) is 41.4 Å². The standard InChI is InChI=1S/C18H25N3S/c1-2-21-9-4-6-18(21)14-20(13-17-7-10-22-15-17)12-16-5-3-8-19-11-16/h3,5,7-8,10-11,15,18H,2,4,6,9,12-14H2,1H3. The SMILES string of the molecule is CCN1CCCC1CN(Cc1cccnc1)Cc1ccsc1. The van der Waals surface area contributed by atoms with Crippen LogP contribution in [0.2, 0.25) is 0 Å². The van der Waals surface area contributed by atoms with Crippen molar-refractivity contribution in [3.05, 3.63) is 52.5 Å². The lowest BCUT2D eigenvalue weighted by atomic mass is 10.1. The minimum absolute atomic E-state index is 0.709. The van der Waals surface area contributed by atoms with E-state index in [-0.39, 0.29) is 0 Å². The minimum atomic E-state index is 0.709. The fourth-order valence-corrected chi connectivity index (χ4v) is 4.05. The highest BCUT2D eigenvalue weighted by Crippen LogP contribution is 2.20. The van der Waals surface area contributed by atoms with Crippen molar-refractivity contribution in [3.8, 4) is 0 Å². The van der Waals surface area contributed by atoms with Crippen LogP contribution in [-0.2, 0) is 13.1 Å². The third-order valence-electron chi connectivity index (χ3n) is 4.49. The van der Waals surface area contributed by atoms with Gasteiger partial charge in [-0.2, -0.15) is 11.3 Å². The van der Waals surface area contributed by atoms with E-state index in [2.05, 4.69) is 44.6 Å². The van der Waals surface area contributed by atoms with Crippen LogP contribution < -0.4 is 0 Å². The number of rotatable bonds is 7. The first kappa shape index (κ1) is 15.7. The van der Waals surface area contributed by atoms with Crippen molar-refractivity contribution >= 4 is 11.3 Å². The molecule has 3 nitrogen and oxygen atoms in total. The molecule has 1 unspecified atom stereocenters. The van der Waals surface area contributed by atoms with E-state index in [9.17, 15) is 0 Å². The molecule has 0 saturated carbocycles. The van der Waals surface area contributed by atoms with Crippen LogP contribution in [0.4, 0.5) is 0 Å². The summed E-state index contributed by atoms with van der Waals surface area (Å²) in [6.45, 7) is 7.88. The lowest BCUT2D eigenvalue weighted by molar-refractivity contribution is 0.166. The summed E-state index contributed by atoms with van der Waals surface area (Å²) in [6, 6.07) is 7.17. The number of pyridine rings is 1. The predicted molar refractivity (Wildman–Crippen MR) is 92.9 cm³/mol. The molecule has 22 heavy (non-hydrogen) atoms. The second-order valence-electron chi connectivity index (χ2n) is 6.09. The summed E-state index contributed by atoms with van der Waals surface area (Å²) in [5, 5.41) is 4.44. The Hall–Kier alpha value is -1.23. The molecule has 1 aliphatic rings. The van der Waals surface area contributed by atoms with Crippen molar-refractivity contribution < 1.29 is 0 Å².